The van der Waals surface area contributed by atoms with E-state index in [4.69, 9.17) is 4.74 Å². The predicted molar refractivity (Wildman–Crippen MR) is 61.0 cm³/mol. The molecule has 1 saturated heterocycles. The van der Waals surface area contributed by atoms with Crippen LogP contribution in [0.2, 0.25) is 0 Å². The van der Waals surface area contributed by atoms with E-state index in [0.717, 1.165) is 19.6 Å². The van der Waals surface area contributed by atoms with Gasteiger partial charge in [0.2, 0.25) is 0 Å². The Morgan fingerprint density at radius 2 is 2.33 bits per heavy atom. The van der Waals surface area contributed by atoms with Crippen molar-refractivity contribution < 1.29 is 9.84 Å². The summed E-state index contributed by atoms with van der Waals surface area (Å²) in [6.07, 6.45) is 3.44. The molecule has 2 atom stereocenters. The standard InChI is InChI=1S/C11H24N2O2/c1-12-7-10-5-3-4-6-13(10)8-11(14)9-15-2/h10-12,14H,3-9H2,1-2H3. The van der Waals surface area contributed by atoms with E-state index in [0.29, 0.717) is 12.6 Å². The van der Waals surface area contributed by atoms with E-state index in [1.54, 1.807) is 7.11 Å². The second-order valence-electron chi connectivity index (χ2n) is 4.31. The number of aliphatic hydroxyl groups is 1. The number of aliphatic hydroxyl groups excluding tert-OH is 1. The molecule has 1 heterocycles. The van der Waals surface area contributed by atoms with Crippen molar-refractivity contribution in [2.75, 3.05) is 40.4 Å². The van der Waals surface area contributed by atoms with Gasteiger partial charge in [0.1, 0.15) is 0 Å². The maximum absolute atomic E-state index is 9.70. The molecule has 1 aliphatic heterocycles. The van der Waals surface area contributed by atoms with Crippen molar-refractivity contribution in [2.24, 2.45) is 0 Å². The molecular formula is C11H24N2O2. The van der Waals surface area contributed by atoms with E-state index in [1.807, 2.05) is 7.05 Å². The number of methoxy groups -OCH3 is 1. The first-order valence-electron chi connectivity index (χ1n) is 5.83. The molecule has 2 N–H and O–H groups in total. The molecule has 1 rings (SSSR count). The maximum atomic E-state index is 9.70. The summed E-state index contributed by atoms with van der Waals surface area (Å²) in [7, 11) is 3.61. The van der Waals surface area contributed by atoms with E-state index in [-0.39, 0.29) is 6.10 Å². The number of hydrogen-bond acceptors (Lipinski definition) is 4. The third-order valence-corrected chi connectivity index (χ3v) is 2.99. The summed E-state index contributed by atoms with van der Waals surface area (Å²) in [4.78, 5) is 2.38. The van der Waals surface area contributed by atoms with Crippen molar-refractivity contribution in [2.45, 2.75) is 31.4 Å². The zero-order chi connectivity index (χ0) is 11.1. The lowest BCUT2D eigenvalue weighted by molar-refractivity contribution is 0.0184. The van der Waals surface area contributed by atoms with Crippen LogP contribution in [-0.4, -0.2) is 62.6 Å². The Balaban J connectivity index is 2.34. The highest BCUT2D eigenvalue weighted by Gasteiger charge is 2.23. The smallest absolute Gasteiger partial charge is 0.0900 e. The minimum absolute atomic E-state index is 0.354. The number of rotatable bonds is 6. The number of nitrogens with zero attached hydrogens (tertiary/aromatic N) is 1. The monoisotopic (exact) mass is 216 g/mol. The normalized spacial score (nSPS) is 25.4. The molecule has 0 aromatic carbocycles. The molecule has 0 spiro atoms. The van der Waals surface area contributed by atoms with Gasteiger partial charge in [0.05, 0.1) is 12.7 Å². The third kappa shape index (κ3) is 4.47. The highest BCUT2D eigenvalue weighted by atomic mass is 16.5. The number of hydrogen-bond donors (Lipinski definition) is 2. The lowest BCUT2D eigenvalue weighted by Crippen LogP contribution is -2.48. The molecule has 1 fully saturated rings. The molecule has 0 amide bonds. The van der Waals surface area contributed by atoms with Gasteiger partial charge in [-0.25, -0.2) is 0 Å². The fraction of sp³-hybridized carbons (Fsp3) is 1.00. The first-order chi connectivity index (χ1) is 7.27. The number of piperidine rings is 1. The van der Waals surface area contributed by atoms with Crippen LogP contribution in [0.15, 0.2) is 0 Å². The fourth-order valence-electron chi connectivity index (χ4n) is 2.28. The maximum Gasteiger partial charge on any atom is 0.0900 e. The Hall–Kier alpha value is -0.160. The van der Waals surface area contributed by atoms with Crippen LogP contribution in [0.3, 0.4) is 0 Å². The Labute approximate surface area is 92.6 Å². The van der Waals surface area contributed by atoms with Crippen molar-refractivity contribution in [3.63, 3.8) is 0 Å². The van der Waals surface area contributed by atoms with Gasteiger partial charge < -0.3 is 15.2 Å². The van der Waals surface area contributed by atoms with Crippen LogP contribution in [0.5, 0.6) is 0 Å². The molecule has 2 unspecified atom stereocenters. The van der Waals surface area contributed by atoms with E-state index in [9.17, 15) is 5.11 Å². The first kappa shape index (κ1) is 12.9. The largest absolute Gasteiger partial charge is 0.389 e. The molecule has 0 radical (unpaired) electrons. The highest BCUT2D eigenvalue weighted by molar-refractivity contribution is 4.79. The number of likely N-dealkylation sites (N-methyl/N-ethyl adjacent to an activating group) is 1. The highest BCUT2D eigenvalue weighted by Crippen LogP contribution is 2.16. The van der Waals surface area contributed by atoms with E-state index < -0.39 is 0 Å². The zero-order valence-corrected chi connectivity index (χ0v) is 9.91. The molecule has 90 valence electrons. The number of nitrogens with one attached hydrogen (secondary N) is 1. The molecule has 0 saturated carbocycles. The van der Waals surface area contributed by atoms with Crippen molar-refractivity contribution >= 4 is 0 Å². The van der Waals surface area contributed by atoms with Crippen LogP contribution in [0.25, 0.3) is 0 Å². The van der Waals surface area contributed by atoms with Gasteiger partial charge in [-0.05, 0) is 26.4 Å². The van der Waals surface area contributed by atoms with Gasteiger partial charge in [-0.2, -0.15) is 0 Å². The molecule has 4 heteroatoms. The molecule has 4 nitrogen and oxygen atoms in total. The van der Waals surface area contributed by atoms with Crippen molar-refractivity contribution in [3.8, 4) is 0 Å². The Morgan fingerprint density at radius 1 is 1.53 bits per heavy atom. The molecule has 0 bridgehead atoms. The minimum Gasteiger partial charge on any atom is -0.389 e. The predicted octanol–water partition coefficient (Wildman–Crippen LogP) is 0.0676. The first-order valence-corrected chi connectivity index (χ1v) is 5.83. The molecule has 0 aromatic rings. The van der Waals surface area contributed by atoms with Gasteiger partial charge in [0.15, 0.2) is 0 Å². The quantitative estimate of drug-likeness (QED) is 0.659. The number of likely N-dealkylation sites (tertiary alicyclic amines) is 1. The topological polar surface area (TPSA) is 44.7 Å². The molecule has 15 heavy (non-hydrogen) atoms. The Bertz CT molecular complexity index is 165. The SMILES string of the molecule is CNCC1CCCCN1CC(O)COC. The lowest BCUT2D eigenvalue weighted by atomic mass is 10.0. The molecule has 0 aliphatic carbocycles. The molecular weight excluding hydrogens is 192 g/mol. The van der Waals surface area contributed by atoms with E-state index >= 15 is 0 Å². The lowest BCUT2D eigenvalue weighted by Gasteiger charge is -2.36. The van der Waals surface area contributed by atoms with Gasteiger partial charge in [-0.1, -0.05) is 6.42 Å². The average Bonchev–Trinajstić information content (AvgIpc) is 2.21. The van der Waals surface area contributed by atoms with Gasteiger partial charge >= 0.3 is 0 Å². The van der Waals surface area contributed by atoms with Crippen LogP contribution in [0, 0.1) is 0 Å². The van der Waals surface area contributed by atoms with Crippen molar-refractivity contribution in [3.05, 3.63) is 0 Å². The summed E-state index contributed by atoms with van der Waals surface area (Å²) in [5.74, 6) is 0. The summed E-state index contributed by atoms with van der Waals surface area (Å²) in [6.45, 7) is 3.29. The van der Waals surface area contributed by atoms with E-state index in [1.165, 1.54) is 19.3 Å². The molecule has 1 aliphatic rings. The van der Waals surface area contributed by atoms with Gasteiger partial charge in [-0.3, -0.25) is 4.90 Å². The van der Waals surface area contributed by atoms with Crippen molar-refractivity contribution in [1.29, 1.82) is 0 Å². The fourth-order valence-corrected chi connectivity index (χ4v) is 2.28. The second-order valence-corrected chi connectivity index (χ2v) is 4.31. The van der Waals surface area contributed by atoms with Crippen LogP contribution in [-0.2, 0) is 4.74 Å². The van der Waals surface area contributed by atoms with Gasteiger partial charge in [0.25, 0.3) is 0 Å². The van der Waals surface area contributed by atoms with Crippen LogP contribution in [0.4, 0.5) is 0 Å². The number of ether oxygens (including phenoxy) is 1. The van der Waals surface area contributed by atoms with Crippen LogP contribution < -0.4 is 5.32 Å². The molecule has 0 aromatic heterocycles. The Morgan fingerprint density at radius 3 is 3.00 bits per heavy atom. The summed E-state index contributed by atoms with van der Waals surface area (Å²) >= 11 is 0. The second kappa shape index (κ2) is 7.17. The summed E-state index contributed by atoms with van der Waals surface area (Å²) < 4.78 is 4.95. The van der Waals surface area contributed by atoms with Gasteiger partial charge in [-0.15, -0.1) is 0 Å². The third-order valence-electron chi connectivity index (χ3n) is 2.99. The van der Waals surface area contributed by atoms with Gasteiger partial charge in [0, 0.05) is 26.2 Å². The summed E-state index contributed by atoms with van der Waals surface area (Å²) in [6, 6.07) is 0.579. The average molecular weight is 216 g/mol. The summed E-state index contributed by atoms with van der Waals surface area (Å²) in [5.41, 5.74) is 0. The Kier molecular flexibility index (Phi) is 6.17. The summed E-state index contributed by atoms with van der Waals surface area (Å²) in [5, 5.41) is 12.9. The zero-order valence-electron chi connectivity index (χ0n) is 9.91. The number of β-amino-alcohol motifs (C(OH)–C–C–N with tert-alkyl or cyclic N) is 1. The van der Waals surface area contributed by atoms with Crippen LogP contribution in [0.1, 0.15) is 19.3 Å². The van der Waals surface area contributed by atoms with E-state index in [2.05, 4.69) is 10.2 Å². The van der Waals surface area contributed by atoms with Crippen LogP contribution >= 0.6 is 0 Å². The minimum atomic E-state index is -0.354. The van der Waals surface area contributed by atoms with Crippen molar-refractivity contribution in [1.82, 2.24) is 10.2 Å².